The van der Waals surface area contributed by atoms with Gasteiger partial charge in [-0.3, -0.25) is 4.79 Å². The molecule has 0 saturated heterocycles. The lowest BCUT2D eigenvalue weighted by molar-refractivity contribution is 0.601. The average molecular weight is 199 g/mol. The van der Waals surface area contributed by atoms with Crippen molar-refractivity contribution in [3.05, 3.63) is 41.3 Å². The predicted molar refractivity (Wildman–Crippen MR) is 53.4 cm³/mol. The highest BCUT2D eigenvalue weighted by Crippen LogP contribution is 2.18. The van der Waals surface area contributed by atoms with Crippen LogP contribution in [0.2, 0.25) is 0 Å². The van der Waals surface area contributed by atoms with E-state index in [1.807, 2.05) is 0 Å². The van der Waals surface area contributed by atoms with E-state index in [0.29, 0.717) is 22.0 Å². The number of nitrogens with zero attached hydrogens (tertiary/aromatic N) is 3. The zero-order valence-electron chi connectivity index (χ0n) is 7.54. The van der Waals surface area contributed by atoms with E-state index in [9.17, 15) is 4.79 Å². The Bertz CT molecular complexity index is 705. The molecule has 0 atom stereocenters. The first-order valence-corrected chi connectivity index (χ1v) is 4.33. The summed E-state index contributed by atoms with van der Waals surface area (Å²) in [5.41, 5.74) is 1.28. The zero-order chi connectivity index (χ0) is 10.3. The fraction of sp³-hybridized carbons (Fsp3) is 0. The minimum absolute atomic E-state index is 0.345. The summed E-state index contributed by atoms with van der Waals surface area (Å²) in [6.07, 6.45) is 4.20. The molecule has 0 N–H and O–H groups in total. The molecule has 3 aromatic rings. The maximum absolute atomic E-state index is 11.6. The van der Waals surface area contributed by atoms with Crippen molar-refractivity contribution in [3.63, 3.8) is 0 Å². The minimum Gasteiger partial charge on any atom is -0.460 e. The zero-order valence-corrected chi connectivity index (χ0v) is 7.54. The highest BCUT2D eigenvalue weighted by molar-refractivity contribution is 5.99. The highest BCUT2D eigenvalue weighted by atomic mass is 16.3. The van der Waals surface area contributed by atoms with Crippen LogP contribution in [0.25, 0.3) is 22.0 Å². The summed E-state index contributed by atoms with van der Waals surface area (Å²) in [7, 11) is 0. The Morgan fingerprint density at radius 1 is 1.07 bits per heavy atom. The number of fused-ring (bicyclic) bond motifs is 3. The summed E-state index contributed by atoms with van der Waals surface area (Å²) >= 11 is 0. The summed E-state index contributed by atoms with van der Waals surface area (Å²) in [5.74, 6) is 0. The summed E-state index contributed by atoms with van der Waals surface area (Å²) < 4.78 is 5.26. The van der Waals surface area contributed by atoms with Gasteiger partial charge in [0, 0.05) is 0 Å². The van der Waals surface area contributed by atoms with Gasteiger partial charge in [-0.05, 0) is 12.1 Å². The second-order valence-electron chi connectivity index (χ2n) is 3.02. The fourth-order valence-electron chi connectivity index (χ4n) is 1.51. The second kappa shape index (κ2) is 2.84. The van der Waals surface area contributed by atoms with E-state index in [1.165, 1.54) is 18.8 Å². The first-order valence-electron chi connectivity index (χ1n) is 4.33. The van der Waals surface area contributed by atoms with E-state index >= 15 is 0 Å². The average Bonchev–Trinajstić information content (AvgIpc) is 2.29. The number of benzene rings is 1. The summed E-state index contributed by atoms with van der Waals surface area (Å²) in [5, 5.41) is 0.378. The third kappa shape index (κ3) is 1.10. The van der Waals surface area contributed by atoms with Gasteiger partial charge in [-0.25, -0.2) is 9.97 Å². The van der Waals surface area contributed by atoms with Crippen LogP contribution in [0, 0.1) is 0 Å². The molecule has 0 unspecified atom stereocenters. The summed E-state index contributed by atoms with van der Waals surface area (Å²) in [6.45, 7) is 0. The van der Waals surface area contributed by atoms with Crippen molar-refractivity contribution in [3.8, 4) is 0 Å². The van der Waals surface area contributed by atoms with E-state index in [-0.39, 0.29) is 5.56 Å². The third-order valence-corrected chi connectivity index (χ3v) is 2.16. The molecule has 1 aromatic carbocycles. The predicted octanol–water partition coefficient (Wildman–Crippen LogP) is 1.13. The molecular formula is C10H5N3O2. The molecule has 3 rings (SSSR count). The maximum atomic E-state index is 11.6. The maximum Gasteiger partial charge on any atom is 0.284 e. The molecule has 72 valence electrons. The molecule has 0 bridgehead atoms. The van der Waals surface area contributed by atoms with Crippen LogP contribution in [0.5, 0.6) is 0 Å². The Kier molecular flexibility index (Phi) is 1.53. The van der Waals surface area contributed by atoms with Gasteiger partial charge in [0.05, 0.1) is 11.7 Å². The van der Waals surface area contributed by atoms with Crippen LogP contribution in [0.15, 0.2) is 40.1 Å². The number of hydrogen-bond donors (Lipinski definition) is 0. The molecule has 0 aliphatic heterocycles. The van der Waals surface area contributed by atoms with Gasteiger partial charge < -0.3 is 4.42 Å². The lowest BCUT2D eigenvalue weighted by atomic mass is 10.2. The van der Waals surface area contributed by atoms with Crippen LogP contribution < -0.4 is 5.56 Å². The van der Waals surface area contributed by atoms with Crippen molar-refractivity contribution in [1.29, 1.82) is 0 Å². The molecule has 2 heterocycles. The molecule has 0 spiro atoms. The van der Waals surface area contributed by atoms with Crippen LogP contribution in [0.4, 0.5) is 0 Å². The standard InChI is InChI=1S/C10H5N3O2/c14-10-8-6(12-5-13-10)1-2-7-9(8)15-4-3-11-7/h1-5H. The highest BCUT2D eigenvalue weighted by Gasteiger charge is 2.07. The largest absolute Gasteiger partial charge is 0.460 e. The monoisotopic (exact) mass is 199 g/mol. The van der Waals surface area contributed by atoms with Crippen LogP contribution in [-0.4, -0.2) is 15.0 Å². The van der Waals surface area contributed by atoms with Gasteiger partial charge in [-0.1, -0.05) is 0 Å². The normalized spacial score (nSPS) is 10.9. The van der Waals surface area contributed by atoms with Crippen LogP contribution in [-0.2, 0) is 0 Å². The van der Waals surface area contributed by atoms with Gasteiger partial charge in [0.25, 0.3) is 5.56 Å². The topological polar surface area (TPSA) is 68.9 Å². The number of aromatic nitrogens is 3. The van der Waals surface area contributed by atoms with Crippen molar-refractivity contribution in [2.45, 2.75) is 0 Å². The van der Waals surface area contributed by atoms with E-state index < -0.39 is 0 Å². The Morgan fingerprint density at radius 3 is 2.87 bits per heavy atom. The van der Waals surface area contributed by atoms with E-state index in [0.717, 1.165) is 0 Å². The lowest BCUT2D eigenvalue weighted by Crippen LogP contribution is -2.06. The summed E-state index contributed by atoms with van der Waals surface area (Å²) in [4.78, 5) is 23.2. The molecule has 0 aliphatic rings. The Morgan fingerprint density at radius 2 is 1.93 bits per heavy atom. The molecule has 0 saturated carbocycles. The van der Waals surface area contributed by atoms with Gasteiger partial charge in [0.2, 0.25) is 0 Å². The first-order chi connectivity index (χ1) is 7.36. The number of rotatable bonds is 0. The van der Waals surface area contributed by atoms with Gasteiger partial charge in [0.1, 0.15) is 23.5 Å². The Labute approximate surface area is 83.4 Å². The molecule has 0 fully saturated rings. The molecule has 5 nitrogen and oxygen atoms in total. The van der Waals surface area contributed by atoms with Crippen molar-refractivity contribution in [2.75, 3.05) is 0 Å². The third-order valence-electron chi connectivity index (χ3n) is 2.16. The van der Waals surface area contributed by atoms with E-state index in [2.05, 4.69) is 15.0 Å². The van der Waals surface area contributed by atoms with Crippen LogP contribution >= 0.6 is 0 Å². The van der Waals surface area contributed by atoms with Crippen molar-refractivity contribution in [1.82, 2.24) is 15.0 Å². The molecule has 0 radical (unpaired) electrons. The summed E-state index contributed by atoms with van der Waals surface area (Å²) in [6, 6.07) is 3.48. The Hall–Kier alpha value is -2.30. The molecular weight excluding hydrogens is 194 g/mol. The van der Waals surface area contributed by atoms with Gasteiger partial charge >= 0.3 is 0 Å². The molecule has 2 aromatic heterocycles. The number of hydrogen-bond acceptors (Lipinski definition) is 5. The van der Waals surface area contributed by atoms with Gasteiger partial charge in [-0.2, -0.15) is 4.98 Å². The second-order valence-corrected chi connectivity index (χ2v) is 3.02. The molecule has 15 heavy (non-hydrogen) atoms. The van der Waals surface area contributed by atoms with Crippen LogP contribution in [0.3, 0.4) is 0 Å². The van der Waals surface area contributed by atoms with Gasteiger partial charge in [-0.15, -0.1) is 0 Å². The lowest BCUT2D eigenvalue weighted by Gasteiger charge is -1.98. The van der Waals surface area contributed by atoms with Gasteiger partial charge in [0.15, 0.2) is 5.58 Å². The van der Waals surface area contributed by atoms with Crippen molar-refractivity contribution in [2.24, 2.45) is 0 Å². The quantitative estimate of drug-likeness (QED) is 0.507. The minimum atomic E-state index is -0.345. The van der Waals surface area contributed by atoms with Crippen molar-refractivity contribution >= 4 is 22.0 Å². The van der Waals surface area contributed by atoms with E-state index in [4.69, 9.17) is 4.42 Å². The molecule has 5 heteroatoms. The fourth-order valence-corrected chi connectivity index (χ4v) is 1.51. The SMILES string of the molecule is O=c1ncnc2ccc3nccoc3c12. The van der Waals surface area contributed by atoms with Crippen LogP contribution in [0.1, 0.15) is 0 Å². The van der Waals surface area contributed by atoms with E-state index in [1.54, 1.807) is 12.1 Å². The molecule has 0 aliphatic carbocycles. The molecule has 0 amide bonds. The van der Waals surface area contributed by atoms with Crippen molar-refractivity contribution < 1.29 is 4.42 Å². The first kappa shape index (κ1) is 8.05. The smallest absolute Gasteiger partial charge is 0.284 e. The Balaban J connectivity index is 2.70.